The molecule has 0 amide bonds. The summed E-state index contributed by atoms with van der Waals surface area (Å²) in [6, 6.07) is 0. The van der Waals surface area contributed by atoms with E-state index in [0.29, 0.717) is 5.16 Å². The van der Waals surface area contributed by atoms with E-state index in [1.165, 1.54) is 35.5 Å². The minimum Gasteiger partial charge on any atom is -0.258 e. The molecule has 0 N–H and O–H groups in total. The minimum absolute atomic E-state index is 0.126. The van der Waals surface area contributed by atoms with Crippen LogP contribution in [0.1, 0.15) is 6.92 Å². The Bertz CT molecular complexity index is 544. The van der Waals surface area contributed by atoms with Crippen LogP contribution in [-0.4, -0.2) is 30.8 Å². The van der Waals surface area contributed by atoms with Crippen LogP contribution in [0.3, 0.4) is 0 Å². The second-order valence-electron chi connectivity index (χ2n) is 2.85. The van der Waals surface area contributed by atoms with Crippen molar-refractivity contribution in [1.82, 2.24) is 20.2 Å². The fraction of sp³-hybridized carbons (Fsp3) is 0.250. The lowest BCUT2D eigenvalue weighted by Gasteiger charge is -1.94. The predicted molar refractivity (Wildman–Crippen MR) is 69.1 cm³/mol. The average molecular weight is 301 g/mol. The van der Waals surface area contributed by atoms with Gasteiger partial charge in [0.1, 0.15) is 12.4 Å². The monoisotopic (exact) mass is 301 g/mol. The molecule has 0 unspecified atom stereocenters. The second kappa shape index (κ2) is 6.07. The summed E-state index contributed by atoms with van der Waals surface area (Å²) >= 11 is 4.31. The number of aromatic nitrogens is 4. The van der Waals surface area contributed by atoms with Gasteiger partial charge in [-0.3, -0.25) is 10.1 Å². The quantitative estimate of drug-likeness (QED) is 0.360. The normalized spacial score (nSPS) is 10.5. The molecule has 2 aromatic heterocycles. The SMILES string of the molecule is CCSc1nnc(Sc2ncc([N+](=O)[O-])cn2)s1. The number of hydrogen-bond donors (Lipinski definition) is 0. The Morgan fingerprint density at radius 3 is 2.61 bits per heavy atom. The van der Waals surface area contributed by atoms with Crippen LogP contribution in [0.25, 0.3) is 0 Å². The average Bonchev–Trinajstić information content (AvgIpc) is 2.78. The van der Waals surface area contributed by atoms with Crippen LogP contribution in [0.5, 0.6) is 0 Å². The van der Waals surface area contributed by atoms with Crippen molar-refractivity contribution >= 4 is 40.5 Å². The summed E-state index contributed by atoms with van der Waals surface area (Å²) < 4.78 is 1.61. The summed E-state index contributed by atoms with van der Waals surface area (Å²) in [6.07, 6.45) is 2.36. The maximum atomic E-state index is 10.4. The summed E-state index contributed by atoms with van der Waals surface area (Å²) in [5, 5.41) is 18.8. The Balaban J connectivity index is 2.06. The number of nitro groups is 1. The largest absolute Gasteiger partial charge is 0.305 e. The van der Waals surface area contributed by atoms with Gasteiger partial charge in [0.25, 0.3) is 0 Å². The molecule has 0 radical (unpaired) electrons. The third-order valence-corrected chi connectivity index (χ3v) is 4.54. The molecule has 7 nitrogen and oxygen atoms in total. The van der Waals surface area contributed by atoms with Crippen LogP contribution in [-0.2, 0) is 0 Å². The Hall–Kier alpha value is -1.26. The van der Waals surface area contributed by atoms with E-state index in [-0.39, 0.29) is 5.69 Å². The van der Waals surface area contributed by atoms with Crippen molar-refractivity contribution in [3.05, 3.63) is 22.5 Å². The fourth-order valence-corrected chi connectivity index (χ4v) is 3.67. The molecule has 2 rings (SSSR count). The van der Waals surface area contributed by atoms with Crippen molar-refractivity contribution in [2.24, 2.45) is 0 Å². The molecule has 0 atom stereocenters. The van der Waals surface area contributed by atoms with Gasteiger partial charge in [-0.2, -0.15) is 0 Å². The van der Waals surface area contributed by atoms with Gasteiger partial charge in [-0.25, -0.2) is 9.97 Å². The summed E-state index contributed by atoms with van der Waals surface area (Å²) in [5.74, 6) is 0.938. The van der Waals surface area contributed by atoms with E-state index in [9.17, 15) is 10.1 Å². The van der Waals surface area contributed by atoms with Crippen molar-refractivity contribution in [1.29, 1.82) is 0 Å². The Kier molecular flexibility index (Phi) is 4.44. The van der Waals surface area contributed by atoms with E-state index >= 15 is 0 Å². The van der Waals surface area contributed by atoms with Crippen molar-refractivity contribution in [3.63, 3.8) is 0 Å². The maximum absolute atomic E-state index is 10.4. The summed E-state index contributed by atoms with van der Waals surface area (Å²) in [4.78, 5) is 17.7. The zero-order chi connectivity index (χ0) is 13.0. The maximum Gasteiger partial charge on any atom is 0.305 e. The molecule has 0 spiro atoms. The highest BCUT2D eigenvalue weighted by molar-refractivity contribution is 8.03. The summed E-state index contributed by atoms with van der Waals surface area (Å²) in [6.45, 7) is 2.04. The Morgan fingerprint density at radius 1 is 1.33 bits per heavy atom. The van der Waals surface area contributed by atoms with Crippen LogP contribution in [0.4, 0.5) is 5.69 Å². The number of rotatable bonds is 5. The zero-order valence-electron chi connectivity index (χ0n) is 9.14. The molecule has 10 heteroatoms. The molecule has 2 heterocycles. The molecule has 0 aliphatic heterocycles. The van der Waals surface area contributed by atoms with E-state index in [1.807, 2.05) is 6.92 Å². The van der Waals surface area contributed by atoms with E-state index in [0.717, 1.165) is 14.4 Å². The molecule has 2 aromatic rings. The number of hydrogen-bond acceptors (Lipinski definition) is 9. The molecule has 18 heavy (non-hydrogen) atoms. The van der Waals surface area contributed by atoms with Crippen molar-refractivity contribution in [3.8, 4) is 0 Å². The smallest absolute Gasteiger partial charge is 0.258 e. The van der Waals surface area contributed by atoms with Crippen molar-refractivity contribution < 1.29 is 4.92 Å². The summed E-state index contributed by atoms with van der Waals surface area (Å²) in [5.41, 5.74) is -0.126. The lowest BCUT2D eigenvalue weighted by molar-refractivity contribution is -0.385. The molecule has 0 aromatic carbocycles. The molecule has 0 aliphatic carbocycles. The van der Waals surface area contributed by atoms with Crippen LogP contribution in [0.2, 0.25) is 0 Å². The van der Waals surface area contributed by atoms with Crippen LogP contribution < -0.4 is 0 Å². The first kappa shape index (κ1) is 13.2. The van der Waals surface area contributed by atoms with Gasteiger partial charge in [-0.1, -0.05) is 30.0 Å². The minimum atomic E-state index is -0.532. The Labute approximate surface area is 115 Å². The molecular weight excluding hydrogens is 294 g/mol. The first-order valence-electron chi connectivity index (χ1n) is 4.79. The van der Waals surface area contributed by atoms with Crippen LogP contribution >= 0.6 is 34.9 Å². The molecular formula is C8H7N5O2S3. The lowest BCUT2D eigenvalue weighted by Crippen LogP contribution is -1.92. The standard InChI is InChI=1S/C8H7N5O2S3/c1-2-16-7-11-12-8(18-7)17-6-9-3-5(4-10-6)13(14)15/h3-4H,2H2,1H3. The van der Waals surface area contributed by atoms with E-state index in [4.69, 9.17) is 0 Å². The first-order valence-corrected chi connectivity index (χ1v) is 7.41. The van der Waals surface area contributed by atoms with Gasteiger partial charge in [-0.05, 0) is 17.5 Å². The predicted octanol–water partition coefficient (Wildman–Crippen LogP) is 2.50. The van der Waals surface area contributed by atoms with Gasteiger partial charge in [-0.15, -0.1) is 10.2 Å². The van der Waals surface area contributed by atoms with Gasteiger partial charge in [0.15, 0.2) is 13.8 Å². The first-order chi connectivity index (χ1) is 8.69. The third kappa shape index (κ3) is 3.37. The number of nitrogens with zero attached hydrogens (tertiary/aromatic N) is 5. The van der Waals surface area contributed by atoms with Gasteiger partial charge in [0.2, 0.25) is 0 Å². The van der Waals surface area contributed by atoms with Crippen LogP contribution in [0, 0.1) is 10.1 Å². The fourth-order valence-electron chi connectivity index (χ4n) is 0.955. The van der Waals surface area contributed by atoms with E-state index in [1.54, 1.807) is 11.8 Å². The van der Waals surface area contributed by atoms with Gasteiger partial charge in [0, 0.05) is 0 Å². The molecule has 0 fully saturated rings. The molecule has 94 valence electrons. The highest BCUT2D eigenvalue weighted by atomic mass is 32.2. The van der Waals surface area contributed by atoms with Crippen LogP contribution in [0.15, 0.2) is 26.2 Å². The molecule has 0 aliphatic rings. The second-order valence-corrected chi connectivity index (χ2v) is 6.55. The highest BCUT2D eigenvalue weighted by Gasteiger charge is 2.10. The van der Waals surface area contributed by atoms with Gasteiger partial charge < -0.3 is 0 Å². The van der Waals surface area contributed by atoms with Crippen molar-refractivity contribution in [2.75, 3.05) is 5.75 Å². The molecule has 0 saturated heterocycles. The van der Waals surface area contributed by atoms with Gasteiger partial charge in [0.05, 0.1) is 4.92 Å². The third-order valence-electron chi connectivity index (χ3n) is 1.66. The van der Waals surface area contributed by atoms with E-state index < -0.39 is 4.92 Å². The van der Waals surface area contributed by atoms with Crippen molar-refractivity contribution in [2.45, 2.75) is 20.8 Å². The van der Waals surface area contributed by atoms with E-state index in [2.05, 4.69) is 20.2 Å². The highest BCUT2D eigenvalue weighted by Crippen LogP contribution is 2.31. The van der Waals surface area contributed by atoms with Gasteiger partial charge >= 0.3 is 5.69 Å². The lowest BCUT2D eigenvalue weighted by atomic mass is 10.6. The molecule has 0 saturated carbocycles. The summed E-state index contributed by atoms with van der Waals surface area (Å²) in [7, 11) is 0. The molecule has 0 bridgehead atoms. The number of thioether (sulfide) groups is 1. The topological polar surface area (TPSA) is 94.7 Å². The Morgan fingerprint density at radius 2 is 2.00 bits per heavy atom. The zero-order valence-corrected chi connectivity index (χ0v) is 11.6.